The molecule has 9 heteroatoms. The first-order valence-electron chi connectivity index (χ1n) is 10.8. The van der Waals surface area contributed by atoms with Crippen molar-refractivity contribution in [2.24, 2.45) is 0 Å². The van der Waals surface area contributed by atoms with Crippen LogP contribution < -0.4 is 9.47 Å². The van der Waals surface area contributed by atoms with Crippen molar-refractivity contribution in [3.05, 3.63) is 77.6 Å². The van der Waals surface area contributed by atoms with Gasteiger partial charge < -0.3 is 23.2 Å². The quantitative estimate of drug-likeness (QED) is 0.356. The van der Waals surface area contributed by atoms with Crippen LogP contribution in [0, 0.1) is 0 Å². The van der Waals surface area contributed by atoms with Crippen LogP contribution in [0.1, 0.15) is 22.7 Å². The lowest BCUT2D eigenvalue weighted by molar-refractivity contribution is -0.130. The third kappa shape index (κ3) is 4.26. The van der Waals surface area contributed by atoms with E-state index in [-0.39, 0.29) is 23.6 Å². The van der Waals surface area contributed by atoms with E-state index in [1.807, 2.05) is 47.4 Å². The number of rotatable bonds is 7. The maximum absolute atomic E-state index is 13.4. The lowest BCUT2D eigenvalue weighted by Crippen LogP contribution is -2.41. The summed E-state index contributed by atoms with van der Waals surface area (Å²) in [7, 11) is 3.25. The van der Waals surface area contributed by atoms with E-state index >= 15 is 0 Å². The van der Waals surface area contributed by atoms with Gasteiger partial charge in [0.05, 0.1) is 32.3 Å². The highest BCUT2D eigenvalue weighted by Gasteiger charge is 2.33. The molecule has 0 radical (unpaired) electrons. The Morgan fingerprint density at radius 1 is 1.09 bits per heavy atom. The molecule has 3 heterocycles. The summed E-state index contributed by atoms with van der Waals surface area (Å²) in [4.78, 5) is 15.3. The standard InChI is InChI=1S/C25H23N3O5S/c1-30-20-13-17-10-11-28(23(16-7-4-3-5-8-16)18(17)14-21(20)31-2)22(29)15-34-25-27-26-24(33-25)19-9-6-12-32-19/h3-9,12-14,23H,10-11,15H2,1-2H3/t23-/m1/s1. The van der Waals surface area contributed by atoms with Gasteiger partial charge in [0.15, 0.2) is 17.3 Å². The number of methoxy groups -OCH3 is 2. The zero-order valence-electron chi connectivity index (χ0n) is 18.8. The SMILES string of the molecule is COc1cc2c(cc1OC)[C@@H](c1ccccc1)N(C(=O)CSc1nnc(-c3ccco3)o1)CC2. The molecular formula is C25H23N3O5S. The number of hydrogen-bond acceptors (Lipinski definition) is 8. The molecule has 0 saturated carbocycles. The second-order valence-corrected chi connectivity index (χ2v) is 8.62. The van der Waals surface area contributed by atoms with Crippen LogP contribution in [0.2, 0.25) is 0 Å². The van der Waals surface area contributed by atoms with Crippen molar-refractivity contribution in [1.29, 1.82) is 0 Å². The summed E-state index contributed by atoms with van der Waals surface area (Å²) in [6.45, 7) is 0.586. The number of aromatic nitrogens is 2. The highest BCUT2D eigenvalue weighted by atomic mass is 32.2. The summed E-state index contributed by atoms with van der Waals surface area (Å²) in [6, 6.07) is 17.3. The van der Waals surface area contributed by atoms with Crippen molar-refractivity contribution in [1.82, 2.24) is 15.1 Å². The molecule has 0 unspecified atom stereocenters. The molecular weight excluding hydrogens is 454 g/mol. The Labute approximate surface area is 200 Å². The van der Waals surface area contributed by atoms with Crippen molar-refractivity contribution in [2.45, 2.75) is 17.7 Å². The third-order valence-electron chi connectivity index (χ3n) is 5.77. The molecule has 2 aromatic heterocycles. The molecule has 1 amide bonds. The van der Waals surface area contributed by atoms with Crippen LogP contribution in [0.5, 0.6) is 11.5 Å². The smallest absolute Gasteiger partial charge is 0.284 e. The Balaban J connectivity index is 1.41. The van der Waals surface area contributed by atoms with Crippen LogP contribution in [0.25, 0.3) is 11.7 Å². The van der Waals surface area contributed by atoms with Crippen molar-refractivity contribution in [2.75, 3.05) is 26.5 Å². The first kappa shape index (κ1) is 22.1. The molecule has 1 aliphatic heterocycles. The largest absolute Gasteiger partial charge is 0.493 e. The minimum Gasteiger partial charge on any atom is -0.493 e. The monoisotopic (exact) mass is 477 g/mol. The van der Waals surface area contributed by atoms with Gasteiger partial charge in [-0.25, -0.2) is 0 Å². The Bertz CT molecular complexity index is 1270. The fourth-order valence-electron chi connectivity index (χ4n) is 4.18. The summed E-state index contributed by atoms with van der Waals surface area (Å²) in [5.74, 6) is 2.26. The van der Waals surface area contributed by atoms with Gasteiger partial charge >= 0.3 is 0 Å². The summed E-state index contributed by atoms with van der Waals surface area (Å²) >= 11 is 1.21. The molecule has 0 fully saturated rings. The normalized spacial score (nSPS) is 15.1. The van der Waals surface area contributed by atoms with E-state index < -0.39 is 0 Å². The molecule has 2 aromatic carbocycles. The van der Waals surface area contributed by atoms with E-state index in [9.17, 15) is 4.79 Å². The first-order chi connectivity index (χ1) is 16.7. The van der Waals surface area contributed by atoms with Gasteiger partial charge in [-0.05, 0) is 47.4 Å². The molecule has 34 heavy (non-hydrogen) atoms. The molecule has 1 atom stereocenters. The molecule has 8 nitrogen and oxygen atoms in total. The Morgan fingerprint density at radius 3 is 2.62 bits per heavy atom. The fourth-order valence-corrected chi connectivity index (χ4v) is 4.83. The number of benzene rings is 2. The molecule has 4 aromatic rings. The number of amides is 1. The van der Waals surface area contributed by atoms with E-state index in [4.69, 9.17) is 18.3 Å². The lowest BCUT2D eigenvalue weighted by atomic mass is 9.87. The average molecular weight is 478 g/mol. The summed E-state index contributed by atoms with van der Waals surface area (Å²) in [6.07, 6.45) is 2.26. The van der Waals surface area contributed by atoms with E-state index in [0.29, 0.717) is 29.0 Å². The predicted molar refractivity (Wildman–Crippen MR) is 126 cm³/mol. The molecule has 1 aliphatic rings. The Kier molecular flexibility index (Phi) is 6.27. The van der Waals surface area contributed by atoms with Crippen LogP contribution in [0.3, 0.4) is 0 Å². The molecule has 174 valence electrons. The maximum Gasteiger partial charge on any atom is 0.284 e. The van der Waals surface area contributed by atoms with Crippen molar-refractivity contribution in [3.8, 4) is 23.1 Å². The van der Waals surface area contributed by atoms with Crippen LogP contribution in [-0.2, 0) is 11.2 Å². The van der Waals surface area contributed by atoms with E-state index in [1.165, 1.54) is 11.8 Å². The number of fused-ring (bicyclic) bond motifs is 1. The first-order valence-corrected chi connectivity index (χ1v) is 11.8. The van der Waals surface area contributed by atoms with E-state index in [1.54, 1.807) is 32.6 Å². The minimum atomic E-state index is -0.237. The Morgan fingerprint density at radius 2 is 1.88 bits per heavy atom. The van der Waals surface area contributed by atoms with Crippen molar-refractivity contribution in [3.63, 3.8) is 0 Å². The molecule has 5 rings (SSSR count). The molecule has 0 spiro atoms. The predicted octanol–water partition coefficient (Wildman–Crippen LogP) is 4.61. The van der Waals surface area contributed by atoms with Gasteiger partial charge in [0.25, 0.3) is 11.1 Å². The van der Waals surface area contributed by atoms with Crippen LogP contribution in [0.4, 0.5) is 0 Å². The molecule has 0 bridgehead atoms. The van der Waals surface area contributed by atoms with Crippen LogP contribution in [0.15, 0.2) is 74.9 Å². The van der Waals surface area contributed by atoms with Gasteiger partial charge in [0, 0.05) is 6.54 Å². The van der Waals surface area contributed by atoms with Crippen LogP contribution in [-0.4, -0.2) is 47.5 Å². The third-order valence-corrected chi connectivity index (χ3v) is 6.57. The number of ether oxygens (including phenoxy) is 2. The Hall–Kier alpha value is -3.72. The van der Waals surface area contributed by atoms with Crippen molar-refractivity contribution >= 4 is 17.7 Å². The number of thioether (sulfide) groups is 1. The van der Waals surface area contributed by atoms with Gasteiger partial charge in [-0.1, -0.05) is 42.1 Å². The molecule has 0 aliphatic carbocycles. The highest BCUT2D eigenvalue weighted by Crippen LogP contribution is 2.41. The van der Waals surface area contributed by atoms with Gasteiger partial charge in [-0.15, -0.1) is 10.2 Å². The maximum atomic E-state index is 13.4. The van der Waals surface area contributed by atoms with Gasteiger partial charge in [-0.3, -0.25) is 4.79 Å². The van der Waals surface area contributed by atoms with Gasteiger partial charge in [0.1, 0.15) is 0 Å². The molecule has 0 saturated heterocycles. The van der Waals surface area contributed by atoms with Gasteiger partial charge in [0.2, 0.25) is 5.91 Å². The molecule has 0 N–H and O–H groups in total. The average Bonchev–Trinajstić information content (AvgIpc) is 3.58. The lowest BCUT2D eigenvalue weighted by Gasteiger charge is -2.38. The second-order valence-electron chi connectivity index (χ2n) is 7.70. The number of carbonyl (C=O) groups is 1. The van der Waals surface area contributed by atoms with Crippen molar-refractivity contribution < 1.29 is 23.1 Å². The zero-order valence-corrected chi connectivity index (χ0v) is 19.6. The number of nitrogens with zero attached hydrogens (tertiary/aromatic N) is 3. The second kappa shape index (κ2) is 9.64. The van der Waals surface area contributed by atoms with Gasteiger partial charge in [-0.2, -0.15) is 0 Å². The minimum absolute atomic E-state index is 0.0166. The topological polar surface area (TPSA) is 90.8 Å². The van der Waals surface area contributed by atoms with Crippen LogP contribution >= 0.6 is 11.8 Å². The zero-order chi connectivity index (χ0) is 23.5. The number of hydrogen-bond donors (Lipinski definition) is 0. The highest BCUT2D eigenvalue weighted by molar-refractivity contribution is 7.99. The summed E-state index contributed by atoms with van der Waals surface area (Å²) in [5.41, 5.74) is 3.21. The number of furan rings is 1. The number of carbonyl (C=O) groups excluding carboxylic acids is 1. The van der Waals surface area contributed by atoms with E-state index in [2.05, 4.69) is 10.2 Å². The van der Waals surface area contributed by atoms with E-state index in [0.717, 1.165) is 23.1 Å². The fraction of sp³-hybridized carbons (Fsp3) is 0.240. The summed E-state index contributed by atoms with van der Waals surface area (Å²) in [5, 5.41) is 8.34. The summed E-state index contributed by atoms with van der Waals surface area (Å²) < 4.78 is 22.0.